The molecule has 1 aliphatic rings. The van der Waals surface area contributed by atoms with E-state index >= 15 is 0 Å². The van der Waals surface area contributed by atoms with Gasteiger partial charge in [-0.15, -0.1) is 0 Å². The summed E-state index contributed by atoms with van der Waals surface area (Å²) in [4.78, 5) is 4.50. The van der Waals surface area contributed by atoms with Crippen LogP contribution in [-0.4, -0.2) is 16.2 Å². The standard InChI is InChI=1S/C15H17NO/c17-13-7-1-5-12(10-13)14-8-2-4-11-6-3-9-16-15(11)14/h2-4,6,8-9,12-13,17H,1,5,7,10H2. The van der Waals surface area contributed by atoms with Crippen molar-refractivity contribution in [3.8, 4) is 0 Å². The van der Waals surface area contributed by atoms with Crippen LogP contribution in [0.2, 0.25) is 0 Å². The summed E-state index contributed by atoms with van der Waals surface area (Å²) < 4.78 is 0. The molecular formula is C15H17NO. The summed E-state index contributed by atoms with van der Waals surface area (Å²) in [6.07, 6.45) is 5.85. The third-order valence-electron chi connectivity index (χ3n) is 3.75. The number of hydrogen-bond donors (Lipinski definition) is 1. The van der Waals surface area contributed by atoms with Crippen LogP contribution in [0.4, 0.5) is 0 Å². The second-order valence-corrected chi connectivity index (χ2v) is 4.94. The van der Waals surface area contributed by atoms with Crippen molar-refractivity contribution in [2.45, 2.75) is 37.7 Å². The highest BCUT2D eigenvalue weighted by Gasteiger charge is 2.23. The number of aliphatic hydroxyl groups excluding tert-OH is 1. The van der Waals surface area contributed by atoms with E-state index in [4.69, 9.17) is 0 Å². The van der Waals surface area contributed by atoms with E-state index in [1.54, 1.807) is 0 Å². The van der Waals surface area contributed by atoms with E-state index < -0.39 is 0 Å². The van der Waals surface area contributed by atoms with Crippen molar-refractivity contribution in [3.05, 3.63) is 42.1 Å². The molecule has 88 valence electrons. The summed E-state index contributed by atoms with van der Waals surface area (Å²) in [6.45, 7) is 0. The van der Waals surface area contributed by atoms with Crippen LogP contribution < -0.4 is 0 Å². The Balaban J connectivity index is 2.04. The first-order valence-corrected chi connectivity index (χ1v) is 6.36. The maximum atomic E-state index is 9.79. The number of fused-ring (bicyclic) bond motifs is 1. The average Bonchev–Trinajstić information content (AvgIpc) is 2.38. The summed E-state index contributed by atoms with van der Waals surface area (Å²) in [7, 11) is 0. The fourth-order valence-corrected chi connectivity index (χ4v) is 2.90. The lowest BCUT2D eigenvalue weighted by molar-refractivity contribution is 0.120. The van der Waals surface area contributed by atoms with Crippen LogP contribution in [0.25, 0.3) is 10.9 Å². The van der Waals surface area contributed by atoms with Crippen LogP contribution in [0.5, 0.6) is 0 Å². The first-order valence-electron chi connectivity index (χ1n) is 6.36. The van der Waals surface area contributed by atoms with Gasteiger partial charge in [-0.25, -0.2) is 0 Å². The molecule has 2 heteroatoms. The Morgan fingerprint density at radius 2 is 2.00 bits per heavy atom. The minimum atomic E-state index is -0.132. The Bertz CT molecular complexity index is 518. The minimum absolute atomic E-state index is 0.132. The van der Waals surface area contributed by atoms with Gasteiger partial charge in [-0.05, 0) is 36.8 Å². The van der Waals surface area contributed by atoms with Gasteiger partial charge in [-0.3, -0.25) is 4.98 Å². The highest BCUT2D eigenvalue weighted by molar-refractivity contribution is 5.82. The van der Waals surface area contributed by atoms with Crippen LogP contribution in [0.1, 0.15) is 37.2 Å². The molecule has 1 aliphatic carbocycles. The fourth-order valence-electron chi connectivity index (χ4n) is 2.90. The number of hydrogen-bond acceptors (Lipinski definition) is 2. The second-order valence-electron chi connectivity index (χ2n) is 4.94. The highest BCUT2D eigenvalue weighted by Crippen LogP contribution is 2.35. The highest BCUT2D eigenvalue weighted by atomic mass is 16.3. The SMILES string of the molecule is OC1CCCC(c2cccc3cccnc23)C1. The Hall–Kier alpha value is -1.41. The molecule has 2 unspecified atom stereocenters. The maximum Gasteiger partial charge on any atom is 0.0736 e. The van der Waals surface area contributed by atoms with E-state index in [9.17, 15) is 5.11 Å². The number of aliphatic hydroxyl groups is 1. The third-order valence-corrected chi connectivity index (χ3v) is 3.75. The molecule has 1 saturated carbocycles. The van der Waals surface area contributed by atoms with Gasteiger partial charge in [0.1, 0.15) is 0 Å². The van der Waals surface area contributed by atoms with E-state index in [1.165, 1.54) is 17.4 Å². The van der Waals surface area contributed by atoms with E-state index in [-0.39, 0.29) is 6.10 Å². The Kier molecular flexibility index (Phi) is 2.81. The van der Waals surface area contributed by atoms with E-state index in [1.807, 2.05) is 12.3 Å². The summed E-state index contributed by atoms with van der Waals surface area (Å²) in [6, 6.07) is 10.4. The van der Waals surface area contributed by atoms with Crippen molar-refractivity contribution in [2.24, 2.45) is 0 Å². The summed E-state index contributed by atoms with van der Waals surface area (Å²) in [5.74, 6) is 0.470. The summed E-state index contributed by atoms with van der Waals surface area (Å²) >= 11 is 0. The minimum Gasteiger partial charge on any atom is -0.393 e. The molecule has 2 aromatic rings. The van der Waals surface area contributed by atoms with Crippen LogP contribution in [-0.2, 0) is 0 Å². The molecule has 0 radical (unpaired) electrons. The third kappa shape index (κ3) is 2.05. The zero-order chi connectivity index (χ0) is 11.7. The van der Waals surface area contributed by atoms with E-state index in [0.29, 0.717) is 5.92 Å². The molecule has 1 aromatic heterocycles. The number of benzene rings is 1. The first kappa shape index (κ1) is 10.7. The number of rotatable bonds is 1. The molecule has 2 atom stereocenters. The van der Waals surface area contributed by atoms with Crippen LogP contribution >= 0.6 is 0 Å². The van der Waals surface area contributed by atoms with Gasteiger partial charge in [-0.2, -0.15) is 0 Å². The normalized spacial score (nSPS) is 25.0. The van der Waals surface area contributed by atoms with Crippen LogP contribution in [0.3, 0.4) is 0 Å². The summed E-state index contributed by atoms with van der Waals surface area (Å²) in [5.41, 5.74) is 2.41. The van der Waals surface area contributed by atoms with Crippen molar-refractivity contribution in [1.82, 2.24) is 4.98 Å². The smallest absolute Gasteiger partial charge is 0.0736 e. The van der Waals surface area contributed by atoms with E-state index in [2.05, 4.69) is 29.2 Å². The summed E-state index contributed by atoms with van der Waals surface area (Å²) in [5, 5.41) is 11.0. The van der Waals surface area contributed by atoms with Gasteiger partial charge in [0.05, 0.1) is 11.6 Å². The lowest BCUT2D eigenvalue weighted by Crippen LogP contribution is -2.18. The second kappa shape index (κ2) is 4.46. The van der Waals surface area contributed by atoms with Gasteiger partial charge in [0, 0.05) is 11.6 Å². The molecular weight excluding hydrogens is 210 g/mol. The molecule has 1 heterocycles. The van der Waals surface area contributed by atoms with E-state index in [0.717, 1.165) is 24.8 Å². The number of nitrogens with zero attached hydrogens (tertiary/aromatic N) is 1. The van der Waals surface area contributed by atoms with Crippen molar-refractivity contribution < 1.29 is 5.11 Å². The van der Waals surface area contributed by atoms with Gasteiger partial charge < -0.3 is 5.11 Å². The molecule has 2 nitrogen and oxygen atoms in total. The largest absolute Gasteiger partial charge is 0.393 e. The molecule has 0 spiro atoms. The monoisotopic (exact) mass is 227 g/mol. The number of pyridine rings is 1. The molecule has 3 rings (SSSR count). The lowest BCUT2D eigenvalue weighted by atomic mass is 9.82. The fraction of sp³-hybridized carbons (Fsp3) is 0.400. The van der Waals surface area contributed by atoms with Gasteiger partial charge in [0.15, 0.2) is 0 Å². The zero-order valence-corrected chi connectivity index (χ0v) is 9.84. The predicted molar refractivity (Wildman–Crippen MR) is 69.0 cm³/mol. The molecule has 0 aliphatic heterocycles. The molecule has 1 fully saturated rings. The van der Waals surface area contributed by atoms with Crippen molar-refractivity contribution in [1.29, 1.82) is 0 Å². The molecule has 0 saturated heterocycles. The van der Waals surface area contributed by atoms with Crippen molar-refractivity contribution in [3.63, 3.8) is 0 Å². The average molecular weight is 227 g/mol. The lowest BCUT2D eigenvalue weighted by Gasteiger charge is -2.26. The predicted octanol–water partition coefficient (Wildman–Crippen LogP) is 3.25. The first-order chi connectivity index (χ1) is 8.34. The zero-order valence-electron chi connectivity index (χ0n) is 9.84. The van der Waals surface area contributed by atoms with Crippen LogP contribution in [0, 0.1) is 0 Å². The van der Waals surface area contributed by atoms with Gasteiger partial charge in [-0.1, -0.05) is 30.7 Å². The molecule has 0 bridgehead atoms. The van der Waals surface area contributed by atoms with Gasteiger partial charge in [0.25, 0.3) is 0 Å². The quantitative estimate of drug-likeness (QED) is 0.811. The molecule has 1 N–H and O–H groups in total. The molecule has 0 amide bonds. The Morgan fingerprint density at radius 3 is 2.88 bits per heavy atom. The van der Waals surface area contributed by atoms with Gasteiger partial charge >= 0.3 is 0 Å². The number of aromatic nitrogens is 1. The van der Waals surface area contributed by atoms with Crippen LogP contribution in [0.15, 0.2) is 36.5 Å². The topological polar surface area (TPSA) is 33.1 Å². The van der Waals surface area contributed by atoms with Crippen molar-refractivity contribution >= 4 is 10.9 Å². The molecule has 17 heavy (non-hydrogen) atoms. The number of para-hydroxylation sites is 1. The van der Waals surface area contributed by atoms with Gasteiger partial charge in [0.2, 0.25) is 0 Å². The Morgan fingerprint density at radius 1 is 1.12 bits per heavy atom. The molecule has 1 aromatic carbocycles. The Labute approximate surface area is 101 Å². The van der Waals surface area contributed by atoms with Crippen molar-refractivity contribution in [2.75, 3.05) is 0 Å². The maximum absolute atomic E-state index is 9.79.